The Kier molecular flexibility index (Phi) is 6.19. The van der Waals surface area contributed by atoms with E-state index >= 15 is 0 Å². The minimum Gasteiger partial charge on any atom is -0.353 e. The molecule has 7 heteroatoms. The summed E-state index contributed by atoms with van der Waals surface area (Å²) >= 11 is 0. The first-order valence-electron chi connectivity index (χ1n) is 9.96. The molecule has 1 N–H and O–H groups in total. The summed E-state index contributed by atoms with van der Waals surface area (Å²) in [6.07, 6.45) is -0.952. The van der Waals surface area contributed by atoms with E-state index in [4.69, 9.17) is 0 Å². The first-order valence-corrected chi connectivity index (χ1v) is 9.96. The summed E-state index contributed by atoms with van der Waals surface area (Å²) in [4.78, 5) is 17.1. The second-order valence-corrected chi connectivity index (χ2v) is 8.10. The molecule has 0 radical (unpaired) electrons. The second-order valence-electron chi connectivity index (χ2n) is 8.10. The molecule has 0 saturated carbocycles. The molecule has 2 atom stereocenters. The number of imidazole rings is 1. The molecule has 160 valence electrons. The Morgan fingerprint density at radius 2 is 1.90 bits per heavy atom. The van der Waals surface area contributed by atoms with Gasteiger partial charge in [0.05, 0.1) is 11.3 Å². The maximum Gasteiger partial charge on any atom is 0.416 e. The van der Waals surface area contributed by atoms with Crippen molar-refractivity contribution >= 4 is 11.6 Å². The Morgan fingerprint density at radius 1 is 1.17 bits per heavy atom. The standard InChI is InChI=1S/C23H26F3N3O/c1-14(2)16(4)28-22(30)12-19(17-6-5-7-18(11-17)23(24,25)26)20-13-27-21-10-15(3)8-9-29(20)21/h5-11,13-14,16,19H,12H2,1-4H3,(H,28,30). The number of nitrogens with one attached hydrogen (secondary N) is 1. The van der Waals surface area contributed by atoms with E-state index in [1.54, 1.807) is 12.3 Å². The molecule has 2 unspecified atom stereocenters. The monoisotopic (exact) mass is 417 g/mol. The van der Waals surface area contributed by atoms with Crippen LogP contribution in [0.5, 0.6) is 0 Å². The van der Waals surface area contributed by atoms with Crippen molar-refractivity contribution in [3.63, 3.8) is 0 Å². The van der Waals surface area contributed by atoms with Crippen molar-refractivity contribution in [2.24, 2.45) is 5.92 Å². The van der Waals surface area contributed by atoms with Crippen LogP contribution in [0.15, 0.2) is 48.8 Å². The minimum absolute atomic E-state index is 0.0278. The quantitative estimate of drug-likeness (QED) is 0.588. The zero-order chi connectivity index (χ0) is 22.1. The van der Waals surface area contributed by atoms with Crippen LogP contribution in [0.3, 0.4) is 0 Å². The van der Waals surface area contributed by atoms with Gasteiger partial charge in [0.1, 0.15) is 5.65 Å². The van der Waals surface area contributed by atoms with Crippen molar-refractivity contribution in [1.82, 2.24) is 14.7 Å². The Morgan fingerprint density at radius 3 is 2.57 bits per heavy atom. The summed E-state index contributed by atoms with van der Waals surface area (Å²) in [5.41, 5.74) is 2.10. The van der Waals surface area contributed by atoms with Crippen LogP contribution in [0.25, 0.3) is 5.65 Å². The fraction of sp³-hybridized carbons (Fsp3) is 0.391. The van der Waals surface area contributed by atoms with Gasteiger partial charge in [-0.05, 0) is 49.1 Å². The maximum absolute atomic E-state index is 13.3. The van der Waals surface area contributed by atoms with Gasteiger partial charge in [0.25, 0.3) is 0 Å². The average Bonchev–Trinajstić information content (AvgIpc) is 3.08. The fourth-order valence-electron chi connectivity index (χ4n) is 3.35. The van der Waals surface area contributed by atoms with E-state index in [9.17, 15) is 18.0 Å². The molecule has 3 rings (SSSR count). The SMILES string of the molecule is Cc1ccn2c(C(CC(=O)NC(C)C(C)C)c3cccc(C(F)(F)F)c3)cnc2c1. The number of pyridine rings is 1. The number of aromatic nitrogens is 2. The van der Waals surface area contributed by atoms with E-state index in [1.807, 2.05) is 50.4 Å². The van der Waals surface area contributed by atoms with Crippen LogP contribution < -0.4 is 5.32 Å². The van der Waals surface area contributed by atoms with E-state index in [0.717, 1.165) is 17.7 Å². The van der Waals surface area contributed by atoms with E-state index in [0.29, 0.717) is 16.9 Å². The number of carbonyl (C=O) groups excluding carboxylic acids is 1. The molecule has 3 aromatic rings. The molecule has 2 aromatic heterocycles. The molecular weight excluding hydrogens is 391 g/mol. The molecule has 0 aliphatic heterocycles. The van der Waals surface area contributed by atoms with Crippen molar-refractivity contribution in [2.75, 3.05) is 0 Å². The number of rotatable bonds is 6. The number of nitrogens with zero attached hydrogens (tertiary/aromatic N) is 2. The molecule has 0 aliphatic rings. The summed E-state index contributed by atoms with van der Waals surface area (Å²) < 4.78 is 41.7. The highest BCUT2D eigenvalue weighted by atomic mass is 19.4. The van der Waals surface area contributed by atoms with Gasteiger partial charge in [-0.1, -0.05) is 32.0 Å². The van der Waals surface area contributed by atoms with Crippen LogP contribution in [-0.4, -0.2) is 21.3 Å². The number of hydrogen-bond donors (Lipinski definition) is 1. The van der Waals surface area contributed by atoms with Gasteiger partial charge in [0.2, 0.25) is 5.91 Å². The molecular formula is C23H26F3N3O. The minimum atomic E-state index is -4.45. The molecule has 2 heterocycles. The summed E-state index contributed by atoms with van der Waals surface area (Å²) in [6.45, 7) is 7.86. The Hall–Kier alpha value is -2.83. The lowest BCUT2D eigenvalue weighted by Gasteiger charge is -2.22. The average molecular weight is 417 g/mol. The molecule has 1 aromatic carbocycles. The van der Waals surface area contributed by atoms with Crippen molar-refractivity contribution in [2.45, 2.75) is 52.3 Å². The van der Waals surface area contributed by atoms with Gasteiger partial charge in [-0.15, -0.1) is 0 Å². The van der Waals surface area contributed by atoms with Crippen LogP contribution in [0, 0.1) is 12.8 Å². The van der Waals surface area contributed by atoms with Crippen molar-refractivity contribution in [1.29, 1.82) is 0 Å². The first-order chi connectivity index (χ1) is 14.1. The third-order valence-electron chi connectivity index (χ3n) is 5.45. The van der Waals surface area contributed by atoms with Gasteiger partial charge < -0.3 is 9.72 Å². The Balaban J connectivity index is 2.04. The highest BCUT2D eigenvalue weighted by Crippen LogP contribution is 2.34. The molecule has 4 nitrogen and oxygen atoms in total. The summed E-state index contributed by atoms with van der Waals surface area (Å²) in [5.74, 6) is -0.523. The fourth-order valence-corrected chi connectivity index (χ4v) is 3.35. The third-order valence-corrected chi connectivity index (χ3v) is 5.45. The number of amides is 1. The zero-order valence-corrected chi connectivity index (χ0v) is 17.5. The van der Waals surface area contributed by atoms with Gasteiger partial charge in [0, 0.05) is 30.8 Å². The lowest BCUT2D eigenvalue weighted by molar-refractivity contribution is -0.137. The number of fused-ring (bicyclic) bond motifs is 1. The number of carbonyl (C=O) groups is 1. The highest BCUT2D eigenvalue weighted by molar-refractivity contribution is 5.78. The second kappa shape index (κ2) is 8.50. The van der Waals surface area contributed by atoms with Gasteiger partial charge in [-0.3, -0.25) is 4.79 Å². The van der Waals surface area contributed by atoms with Crippen LogP contribution in [0.1, 0.15) is 55.5 Å². The molecule has 0 aliphatic carbocycles. The van der Waals surface area contributed by atoms with Crippen molar-refractivity contribution in [3.8, 4) is 0 Å². The molecule has 0 saturated heterocycles. The van der Waals surface area contributed by atoms with Crippen molar-refractivity contribution < 1.29 is 18.0 Å². The highest BCUT2D eigenvalue weighted by Gasteiger charge is 2.32. The van der Waals surface area contributed by atoms with Gasteiger partial charge >= 0.3 is 6.18 Å². The maximum atomic E-state index is 13.3. The van der Waals surface area contributed by atoms with Gasteiger partial charge in [-0.2, -0.15) is 13.2 Å². The summed E-state index contributed by atoms with van der Waals surface area (Å²) in [5, 5.41) is 2.95. The normalized spacial score (nSPS) is 14.1. The van der Waals surface area contributed by atoms with Crippen LogP contribution in [-0.2, 0) is 11.0 Å². The Labute approximate surface area is 174 Å². The van der Waals surface area contributed by atoms with Gasteiger partial charge in [0.15, 0.2) is 0 Å². The lowest BCUT2D eigenvalue weighted by Crippen LogP contribution is -2.36. The summed E-state index contributed by atoms with van der Waals surface area (Å²) in [7, 11) is 0. The molecule has 0 fully saturated rings. The van der Waals surface area contributed by atoms with Crippen molar-refractivity contribution in [3.05, 3.63) is 71.2 Å². The van der Waals surface area contributed by atoms with Crippen LogP contribution >= 0.6 is 0 Å². The third kappa shape index (κ3) is 4.83. The number of aryl methyl sites for hydroxylation is 1. The van der Waals surface area contributed by atoms with Crippen LogP contribution in [0.4, 0.5) is 13.2 Å². The predicted octanol–water partition coefficient (Wildman–Crippen LogP) is 5.34. The van der Waals surface area contributed by atoms with Crippen LogP contribution in [0.2, 0.25) is 0 Å². The lowest BCUT2D eigenvalue weighted by atomic mass is 9.90. The number of hydrogen-bond acceptors (Lipinski definition) is 2. The number of alkyl halides is 3. The van der Waals surface area contributed by atoms with E-state index < -0.39 is 17.7 Å². The predicted molar refractivity (Wildman–Crippen MR) is 110 cm³/mol. The summed E-state index contributed by atoms with van der Waals surface area (Å²) in [6, 6.07) is 8.94. The van der Waals surface area contributed by atoms with E-state index in [-0.39, 0.29) is 24.3 Å². The first kappa shape index (κ1) is 21.9. The smallest absolute Gasteiger partial charge is 0.353 e. The topological polar surface area (TPSA) is 46.4 Å². The number of benzene rings is 1. The Bertz CT molecular complexity index is 1040. The molecule has 0 spiro atoms. The van der Waals surface area contributed by atoms with E-state index in [1.165, 1.54) is 6.07 Å². The van der Waals surface area contributed by atoms with Gasteiger partial charge in [-0.25, -0.2) is 4.98 Å². The number of halogens is 3. The zero-order valence-electron chi connectivity index (χ0n) is 17.5. The largest absolute Gasteiger partial charge is 0.416 e. The molecule has 0 bridgehead atoms. The molecule has 1 amide bonds. The van der Waals surface area contributed by atoms with E-state index in [2.05, 4.69) is 10.3 Å². The molecule has 30 heavy (non-hydrogen) atoms.